The molecule has 1 saturated heterocycles. The Morgan fingerprint density at radius 2 is 1.69 bits per heavy atom. The summed E-state index contributed by atoms with van der Waals surface area (Å²) in [5.74, 6) is -1.30. The second kappa shape index (κ2) is 12.4. The summed E-state index contributed by atoms with van der Waals surface area (Å²) in [5, 5.41) is 11.8. The van der Waals surface area contributed by atoms with E-state index in [0.717, 1.165) is 18.7 Å². The fourth-order valence-electron chi connectivity index (χ4n) is 4.18. The number of hydrogen-bond acceptors (Lipinski definition) is 5. The van der Waals surface area contributed by atoms with Crippen LogP contribution in [0, 0.1) is 13.8 Å². The molecule has 0 aliphatic carbocycles. The number of carboxylic acid groups (broad SMARTS) is 1. The Kier molecular flexibility index (Phi) is 9.25. The van der Waals surface area contributed by atoms with E-state index in [-0.39, 0.29) is 31.4 Å². The number of carboxylic acids is 1. The van der Waals surface area contributed by atoms with Crippen LogP contribution < -0.4 is 5.32 Å². The van der Waals surface area contributed by atoms with Gasteiger partial charge in [-0.15, -0.1) is 0 Å². The second-order valence-corrected chi connectivity index (χ2v) is 9.07. The van der Waals surface area contributed by atoms with Crippen LogP contribution in [-0.4, -0.2) is 65.1 Å². The van der Waals surface area contributed by atoms with Crippen LogP contribution in [0.4, 0.5) is 4.79 Å². The van der Waals surface area contributed by atoms with Crippen molar-refractivity contribution in [3.05, 3.63) is 70.8 Å². The number of nitrogens with zero attached hydrogens (tertiary/aromatic N) is 2. The molecular formula is C27H35N3O5. The van der Waals surface area contributed by atoms with Gasteiger partial charge in [-0.2, -0.15) is 0 Å². The molecule has 2 N–H and O–H groups in total. The van der Waals surface area contributed by atoms with Gasteiger partial charge in [0.05, 0.1) is 0 Å². The molecule has 1 fully saturated rings. The monoisotopic (exact) mass is 481 g/mol. The summed E-state index contributed by atoms with van der Waals surface area (Å²) in [6, 6.07) is 14.7. The van der Waals surface area contributed by atoms with Crippen LogP contribution in [0.15, 0.2) is 48.5 Å². The van der Waals surface area contributed by atoms with E-state index in [0.29, 0.717) is 13.1 Å². The minimum Gasteiger partial charge on any atom is -0.480 e. The first-order valence-corrected chi connectivity index (χ1v) is 12.0. The molecule has 35 heavy (non-hydrogen) atoms. The molecule has 0 spiro atoms. The molecule has 1 unspecified atom stereocenters. The van der Waals surface area contributed by atoms with E-state index in [1.807, 2.05) is 30.3 Å². The molecule has 1 aliphatic heterocycles. The Bertz CT molecular complexity index is 1020. The highest BCUT2D eigenvalue weighted by molar-refractivity contribution is 5.81. The van der Waals surface area contributed by atoms with Crippen LogP contribution in [0.2, 0.25) is 0 Å². The van der Waals surface area contributed by atoms with Crippen molar-refractivity contribution in [1.82, 2.24) is 15.1 Å². The van der Waals surface area contributed by atoms with Gasteiger partial charge < -0.3 is 20.1 Å². The van der Waals surface area contributed by atoms with Gasteiger partial charge in [0.15, 0.2) is 0 Å². The van der Waals surface area contributed by atoms with Crippen LogP contribution in [0.1, 0.15) is 48.1 Å². The van der Waals surface area contributed by atoms with Crippen molar-refractivity contribution in [3.8, 4) is 0 Å². The van der Waals surface area contributed by atoms with Crippen LogP contribution >= 0.6 is 0 Å². The molecule has 2 amide bonds. The van der Waals surface area contributed by atoms with E-state index in [4.69, 9.17) is 4.74 Å². The summed E-state index contributed by atoms with van der Waals surface area (Å²) in [5.41, 5.74) is 4.61. The molecule has 2 aromatic rings. The van der Waals surface area contributed by atoms with Crippen molar-refractivity contribution in [3.63, 3.8) is 0 Å². The normalized spacial score (nSPS) is 15.8. The van der Waals surface area contributed by atoms with Crippen LogP contribution in [0.5, 0.6) is 0 Å². The summed E-state index contributed by atoms with van der Waals surface area (Å²) in [6.45, 7) is 9.15. The van der Waals surface area contributed by atoms with Gasteiger partial charge in [-0.1, -0.05) is 48.5 Å². The van der Waals surface area contributed by atoms with E-state index < -0.39 is 18.1 Å². The summed E-state index contributed by atoms with van der Waals surface area (Å²) < 4.78 is 5.10. The number of carbonyl (C=O) groups excluding carboxylic acids is 2. The minimum absolute atomic E-state index is 0.00780. The van der Waals surface area contributed by atoms with Gasteiger partial charge in [0.2, 0.25) is 5.91 Å². The minimum atomic E-state index is -1.19. The third kappa shape index (κ3) is 7.55. The van der Waals surface area contributed by atoms with E-state index in [1.165, 1.54) is 16.7 Å². The summed E-state index contributed by atoms with van der Waals surface area (Å²) in [7, 11) is 0. The number of piperazine rings is 1. The SMILES string of the molecule is Cc1ccc(C(C)N2CCN(C(=O)CC[C@H](NC(=O)OCc3ccccc3)C(=O)O)CC2)cc1C. The zero-order valence-electron chi connectivity index (χ0n) is 20.7. The van der Waals surface area contributed by atoms with Crippen molar-refractivity contribution < 1.29 is 24.2 Å². The highest BCUT2D eigenvalue weighted by Gasteiger charge is 2.27. The first-order chi connectivity index (χ1) is 16.7. The molecule has 188 valence electrons. The number of rotatable bonds is 9. The average Bonchev–Trinajstić information content (AvgIpc) is 2.86. The van der Waals surface area contributed by atoms with Gasteiger partial charge in [-0.05, 0) is 49.4 Å². The zero-order chi connectivity index (χ0) is 25.4. The number of nitrogens with one attached hydrogen (secondary N) is 1. The molecule has 8 nitrogen and oxygen atoms in total. The highest BCUT2D eigenvalue weighted by atomic mass is 16.5. The van der Waals surface area contributed by atoms with E-state index in [9.17, 15) is 19.5 Å². The molecule has 3 rings (SSSR count). The molecule has 2 atom stereocenters. The molecule has 0 saturated carbocycles. The molecule has 1 heterocycles. The lowest BCUT2D eigenvalue weighted by Gasteiger charge is -2.38. The maximum absolute atomic E-state index is 12.7. The summed E-state index contributed by atoms with van der Waals surface area (Å²) >= 11 is 0. The Hall–Kier alpha value is -3.39. The van der Waals surface area contributed by atoms with E-state index >= 15 is 0 Å². The first-order valence-electron chi connectivity index (χ1n) is 12.0. The molecular weight excluding hydrogens is 446 g/mol. The third-order valence-electron chi connectivity index (χ3n) is 6.68. The van der Waals surface area contributed by atoms with Crippen LogP contribution in [0.3, 0.4) is 0 Å². The zero-order valence-corrected chi connectivity index (χ0v) is 20.7. The van der Waals surface area contributed by atoms with Crippen LogP contribution in [-0.2, 0) is 20.9 Å². The molecule has 1 aliphatic rings. The lowest BCUT2D eigenvalue weighted by Crippen LogP contribution is -2.49. The van der Waals surface area contributed by atoms with Gasteiger partial charge in [0.25, 0.3) is 0 Å². The lowest BCUT2D eigenvalue weighted by molar-refractivity contribution is -0.140. The average molecular weight is 482 g/mol. The van der Waals surface area contributed by atoms with Crippen molar-refractivity contribution in [2.45, 2.75) is 52.3 Å². The predicted molar refractivity (Wildman–Crippen MR) is 133 cm³/mol. The molecule has 0 bridgehead atoms. The van der Waals surface area contributed by atoms with Crippen molar-refractivity contribution >= 4 is 18.0 Å². The largest absolute Gasteiger partial charge is 0.480 e. The highest BCUT2D eigenvalue weighted by Crippen LogP contribution is 2.24. The van der Waals surface area contributed by atoms with Crippen LogP contribution in [0.25, 0.3) is 0 Å². The van der Waals surface area contributed by atoms with Gasteiger partial charge in [0.1, 0.15) is 12.6 Å². The number of aliphatic carboxylic acids is 1. The van der Waals surface area contributed by atoms with Gasteiger partial charge in [-0.25, -0.2) is 9.59 Å². The first kappa shape index (κ1) is 26.2. The summed E-state index contributed by atoms with van der Waals surface area (Å²) in [4.78, 5) is 40.5. The predicted octanol–water partition coefficient (Wildman–Crippen LogP) is 3.67. The Morgan fingerprint density at radius 3 is 2.31 bits per heavy atom. The lowest BCUT2D eigenvalue weighted by atomic mass is 10.0. The number of carbonyl (C=O) groups is 3. The molecule has 0 radical (unpaired) electrons. The Morgan fingerprint density at radius 1 is 1.00 bits per heavy atom. The molecule has 0 aromatic heterocycles. The smallest absolute Gasteiger partial charge is 0.408 e. The number of ether oxygens (including phenoxy) is 1. The van der Waals surface area contributed by atoms with Gasteiger partial charge >= 0.3 is 12.1 Å². The number of alkyl carbamates (subject to hydrolysis) is 1. The van der Waals surface area contributed by atoms with Crippen molar-refractivity contribution in [1.29, 1.82) is 0 Å². The maximum atomic E-state index is 12.7. The van der Waals surface area contributed by atoms with E-state index in [2.05, 4.69) is 49.2 Å². The molecule has 8 heteroatoms. The standard InChI is InChI=1S/C27H35N3O5/c1-19-9-10-23(17-20(19)2)21(3)29-13-15-30(16-14-29)25(31)12-11-24(26(32)33)28-27(34)35-18-22-7-5-4-6-8-22/h4-10,17,21,24H,11-16,18H2,1-3H3,(H,28,34)(H,32,33)/t21?,24-/m0/s1. The summed E-state index contributed by atoms with van der Waals surface area (Å²) in [6.07, 6.45) is -0.765. The molecule has 2 aromatic carbocycles. The number of aryl methyl sites for hydroxylation is 2. The van der Waals surface area contributed by atoms with Crippen molar-refractivity contribution in [2.75, 3.05) is 26.2 Å². The van der Waals surface area contributed by atoms with Gasteiger partial charge in [-0.3, -0.25) is 9.69 Å². The quantitative estimate of drug-likeness (QED) is 0.567. The van der Waals surface area contributed by atoms with Gasteiger partial charge in [0, 0.05) is 38.6 Å². The number of benzene rings is 2. The fraction of sp³-hybridized carbons (Fsp3) is 0.444. The topological polar surface area (TPSA) is 99.2 Å². The number of amides is 2. The van der Waals surface area contributed by atoms with E-state index in [1.54, 1.807) is 4.90 Å². The Labute approximate surface area is 206 Å². The van der Waals surface area contributed by atoms with Crippen molar-refractivity contribution in [2.24, 2.45) is 0 Å². The maximum Gasteiger partial charge on any atom is 0.408 e. The fourth-order valence-corrected chi connectivity index (χ4v) is 4.18. The second-order valence-electron chi connectivity index (χ2n) is 9.07. The number of hydrogen-bond donors (Lipinski definition) is 2. The Balaban J connectivity index is 1.43. The third-order valence-corrected chi connectivity index (χ3v) is 6.68.